The number of hydrogen-bond donors (Lipinski definition) is 1. The van der Waals surface area contributed by atoms with Crippen molar-refractivity contribution in [2.45, 2.75) is 62.4 Å². The molecule has 0 spiro atoms. The maximum atomic E-state index is 12.8. The number of sulfone groups is 1. The first-order valence-electron chi connectivity index (χ1n) is 8.45. The van der Waals surface area contributed by atoms with E-state index in [2.05, 4.69) is 5.32 Å². The molecule has 1 aromatic rings. The van der Waals surface area contributed by atoms with Gasteiger partial charge in [-0.3, -0.25) is 4.79 Å². The van der Waals surface area contributed by atoms with E-state index < -0.39 is 26.8 Å². The molecule has 1 saturated carbocycles. The largest absolute Gasteiger partial charge is 0.416 e. The molecule has 0 aliphatic heterocycles. The molecule has 146 valence electrons. The van der Waals surface area contributed by atoms with Crippen molar-refractivity contribution in [1.29, 1.82) is 0 Å². The third-order valence-corrected chi connectivity index (χ3v) is 6.51. The molecular formula is C18H24F3NO3S. The van der Waals surface area contributed by atoms with Gasteiger partial charge in [0.15, 0.2) is 9.84 Å². The Labute approximate surface area is 152 Å². The molecule has 0 unspecified atom stereocenters. The van der Waals surface area contributed by atoms with Crippen molar-refractivity contribution in [3.63, 3.8) is 0 Å². The van der Waals surface area contributed by atoms with Crippen LogP contribution in [0.15, 0.2) is 29.2 Å². The number of Topliss-reactive ketones (excluding diaryl/α,β-unsaturated/α-hetero) is 1. The van der Waals surface area contributed by atoms with E-state index in [1.54, 1.807) is 0 Å². The van der Waals surface area contributed by atoms with Crippen LogP contribution in [0.25, 0.3) is 0 Å². The van der Waals surface area contributed by atoms with Crippen LogP contribution in [-0.2, 0) is 20.8 Å². The molecule has 1 aromatic carbocycles. The molecule has 0 saturated heterocycles. The third-order valence-electron chi connectivity index (χ3n) is 4.34. The van der Waals surface area contributed by atoms with E-state index in [-0.39, 0.29) is 28.7 Å². The Kier molecular flexibility index (Phi) is 5.87. The van der Waals surface area contributed by atoms with Gasteiger partial charge in [-0.1, -0.05) is 26.8 Å². The van der Waals surface area contributed by atoms with Crippen LogP contribution in [0.1, 0.15) is 45.6 Å². The van der Waals surface area contributed by atoms with E-state index in [1.165, 1.54) is 6.07 Å². The van der Waals surface area contributed by atoms with Crippen LogP contribution in [0.4, 0.5) is 13.2 Å². The van der Waals surface area contributed by atoms with E-state index >= 15 is 0 Å². The fourth-order valence-corrected chi connectivity index (χ4v) is 4.86. The van der Waals surface area contributed by atoms with Crippen LogP contribution >= 0.6 is 0 Å². The number of ketones is 1. The molecular weight excluding hydrogens is 367 g/mol. The quantitative estimate of drug-likeness (QED) is 0.805. The molecule has 0 radical (unpaired) electrons. The van der Waals surface area contributed by atoms with Gasteiger partial charge in [0.25, 0.3) is 0 Å². The van der Waals surface area contributed by atoms with Crippen LogP contribution in [0.5, 0.6) is 0 Å². The van der Waals surface area contributed by atoms with Crippen molar-refractivity contribution in [2.75, 3.05) is 6.54 Å². The molecule has 0 atom stereocenters. The number of benzene rings is 1. The van der Waals surface area contributed by atoms with Gasteiger partial charge in [-0.25, -0.2) is 8.42 Å². The van der Waals surface area contributed by atoms with Crippen LogP contribution in [0.2, 0.25) is 0 Å². The van der Waals surface area contributed by atoms with Gasteiger partial charge in [0.1, 0.15) is 5.78 Å². The summed E-state index contributed by atoms with van der Waals surface area (Å²) in [5.41, 5.74) is -1.08. The average Bonchev–Trinajstić information content (AvgIpc) is 2.42. The number of rotatable bonds is 6. The minimum absolute atomic E-state index is 0.0571. The Morgan fingerprint density at radius 1 is 1.19 bits per heavy atom. The number of carbonyl (C=O) groups excluding carboxylic acids is 1. The minimum Gasteiger partial charge on any atom is -0.307 e. The summed E-state index contributed by atoms with van der Waals surface area (Å²) in [5, 5.41) is 2.32. The molecule has 1 aliphatic carbocycles. The minimum atomic E-state index is -4.58. The second-order valence-electron chi connectivity index (χ2n) is 8.02. The fourth-order valence-electron chi connectivity index (χ4n) is 2.94. The number of alkyl halides is 3. The zero-order chi connectivity index (χ0) is 19.8. The Balaban J connectivity index is 1.93. The zero-order valence-corrected chi connectivity index (χ0v) is 15.9. The lowest BCUT2D eigenvalue weighted by Crippen LogP contribution is -2.49. The third kappa shape index (κ3) is 5.30. The summed E-state index contributed by atoms with van der Waals surface area (Å²) in [4.78, 5) is 11.5. The first-order valence-corrected chi connectivity index (χ1v) is 10.00. The van der Waals surface area contributed by atoms with Gasteiger partial charge in [0.2, 0.25) is 0 Å². The van der Waals surface area contributed by atoms with Crippen molar-refractivity contribution in [3.8, 4) is 0 Å². The summed E-state index contributed by atoms with van der Waals surface area (Å²) in [6, 6.07) is 3.73. The normalized spacial score (nSPS) is 21.3. The molecule has 1 fully saturated rings. The summed E-state index contributed by atoms with van der Waals surface area (Å²) < 4.78 is 63.3. The van der Waals surface area contributed by atoms with Gasteiger partial charge in [-0.2, -0.15) is 13.2 Å². The first kappa shape index (κ1) is 20.9. The molecule has 0 amide bonds. The molecule has 1 N–H and O–H groups in total. The fraction of sp³-hybridized carbons (Fsp3) is 0.611. The van der Waals surface area contributed by atoms with Crippen LogP contribution < -0.4 is 5.32 Å². The number of hydrogen-bond acceptors (Lipinski definition) is 4. The van der Waals surface area contributed by atoms with Crippen molar-refractivity contribution < 1.29 is 26.4 Å². The molecule has 8 heteroatoms. The Morgan fingerprint density at radius 2 is 1.81 bits per heavy atom. The van der Waals surface area contributed by atoms with Gasteiger partial charge in [0.05, 0.1) is 22.3 Å². The molecule has 4 nitrogen and oxygen atoms in total. The van der Waals surface area contributed by atoms with Crippen LogP contribution in [0.3, 0.4) is 0 Å². The van der Waals surface area contributed by atoms with Gasteiger partial charge in [0, 0.05) is 12.5 Å². The predicted octanol–water partition coefficient (Wildman–Crippen LogP) is 3.61. The van der Waals surface area contributed by atoms with Crippen LogP contribution in [0, 0.1) is 5.41 Å². The monoisotopic (exact) mass is 391 g/mol. The highest BCUT2D eigenvalue weighted by atomic mass is 32.2. The van der Waals surface area contributed by atoms with Crippen LogP contribution in [-0.4, -0.2) is 32.0 Å². The van der Waals surface area contributed by atoms with Crippen molar-refractivity contribution in [3.05, 3.63) is 29.8 Å². The van der Waals surface area contributed by atoms with Gasteiger partial charge in [-0.05, 0) is 36.5 Å². The molecule has 0 aromatic heterocycles. The summed E-state index contributed by atoms with van der Waals surface area (Å²) in [6.07, 6.45) is -3.57. The molecule has 0 heterocycles. The maximum Gasteiger partial charge on any atom is 0.416 e. The van der Waals surface area contributed by atoms with Crippen molar-refractivity contribution in [1.82, 2.24) is 5.32 Å². The molecule has 2 rings (SSSR count). The summed E-state index contributed by atoms with van der Waals surface area (Å²) in [7, 11) is -3.81. The standard InChI is InChI=1S/C18H24F3NO3S/c1-17(2,3)10-14(23)11-22-13-8-16(9-13)26(24,25)15-6-4-5-12(7-15)18(19,20)21/h4-7,13,16,22H,8-11H2,1-3H3. The van der Waals surface area contributed by atoms with E-state index in [0.29, 0.717) is 25.3 Å². The van der Waals surface area contributed by atoms with E-state index in [9.17, 15) is 26.4 Å². The Hall–Kier alpha value is -1.41. The smallest absolute Gasteiger partial charge is 0.307 e. The number of nitrogens with one attached hydrogen (secondary N) is 1. The van der Waals surface area contributed by atoms with Crippen molar-refractivity contribution in [2.24, 2.45) is 5.41 Å². The lowest BCUT2D eigenvalue weighted by Gasteiger charge is -2.35. The van der Waals surface area contributed by atoms with Gasteiger partial charge >= 0.3 is 6.18 Å². The van der Waals surface area contributed by atoms with E-state index in [1.807, 2.05) is 20.8 Å². The first-order chi connectivity index (χ1) is 11.8. The number of halogens is 3. The lowest BCUT2D eigenvalue weighted by molar-refractivity contribution is -0.137. The zero-order valence-electron chi connectivity index (χ0n) is 15.1. The van der Waals surface area contributed by atoms with E-state index in [4.69, 9.17) is 0 Å². The summed E-state index contributed by atoms with van der Waals surface area (Å²) >= 11 is 0. The Morgan fingerprint density at radius 3 is 2.35 bits per heavy atom. The predicted molar refractivity (Wildman–Crippen MR) is 92.5 cm³/mol. The number of carbonyl (C=O) groups is 1. The average molecular weight is 391 g/mol. The molecule has 1 aliphatic rings. The van der Waals surface area contributed by atoms with Crippen molar-refractivity contribution >= 4 is 15.6 Å². The lowest BCUT2D eigenvalue weighted by atomic mass is 9.89. The van der Waals surface area contributed by atoms with E-state index in [0.717, 1.165) is 12.1 Å². The highest BCUT2D eigenvalue weighted by Gasteiger charge is 2.40. The highest BCUT2D eigenvalue weighted by Crippen LogP contribution is 2.35. The second-order valence-corrected chi connectivity index (χ2v) is 10.2. The van der Waals surface area contributed by atoms with Gasteiger partial charge < -0.3 is 5.32 Å². The van der Waals surface area contributed by atoms with Gasteiger partial charge in [-0.15, -0.1) is 0 Å². The Bertz CT molecular complexity index is 761. The topological polar surface area (TPSA) is 63.2 Å². The summed E-state index contributed by atoms with van der Waals surface area (Å²) in [5.74, 6) is 0.0571. The summed E-state index contributed by atoms with van der Waals surface area (Å²) in [6.45, 7) is 6.07. The highest BCUT2D eigenvalue weighted by molar-refractivity contribution is 7.92. The molecule has 26 heavy (non-hydrogen) atoms. The second kappa shape index (κ2) is 7.31. The maximum absolute atomic E-state index is 12.8. The molecule has 0 bridgehead atoms. The SMILES string of the molecule is CC(C)(C)CC(=O)CNC1CC(S(=O)(=O)c2cccc(C(F)(F)F)c2)C1.